The Morgan fingerprint density at radius 3 is 2.63 bits per heavy atom. The Morgan fingerprint density at radius 1 is 1.16 bits per heavy atom. The van der Waals surface area contributed by atoms with Crippen LogP contribution in [0.2, 0.25) is 0 Å². The zero-order valence-corrected chi connectivity index (χ0v) is 11.6. The number of Topliss-reactive ketones (excluding diaryl/α,β-unsaturated/α-hetero) is 1. The molecule has 0 aliphatic carbocycles. The number of methoxy groups -OCH3 is 1. The minimum atomic E-state index is -0.274. The van der Waals surface area contributed by atoms with Gasteiger partial charge in [0.1, 0.15) is 6.10 Å². The normalized spacial score (nSPS) is 12.5. The number of hydrogen-bond donors (Lipinski definition) is 0. The van der Waals surface area contributed by atoms with Crippen LogP contribution in [0.4, 0.5) is 0 Å². The lowest BCUT2D eigenvalue weighted by Gasteiger charge is -2.14. The van der Waals surface area contributed by atoms with E-state index in [0.717, 1.165) is 23.8 Å². The van der Waals surface area contributed by atoms with Crippen LogP contribution < -0.4 is 0 Å². The van der Waals surface area contributed by atoms with Crippen LogP contribution in [0.5, 0.6) is 0 Å². The number of ketones is 1. The number of ether oxygens (including phenoxy) is 1. The van der Waals surface area contributed by atoms with Crippen LogP contribution in [-0.2, 0) is 16.0 Å². The second-order valence-electron chi connectivity index (χ2n) is 4.79. The number of carbonyl (C=O) groups excluding carboxylic acids is 1. The minimum absolute atomic E-state index is 0.167. The molecule has 2 aromatic carbocycles. The summed E-state index contributed by atoms with van der Waals surface area (Å²) in [5, 5.41) is 2.34. The highest BCUT2D eigenvalue weighted by Crippen LogP contribution is 2.20. The molecule has 0 saturated heterocycles. The molecule has 2 nitrogen and oxygen atoms in total. The highest BCUT2D eigenvalue weighted by atomic mass is 16.5. The second kappa shape index (κ2) is 6.48. The van der Waals surface area contributed by atoms with E-state index >= 15 is 0 Å². The molecule has 2 aromatic rings. The van der Waals surface area contributed by atoms with Gasteiger partial charge in [0.05, 0.1) is 0 Å². The van der Waals surface area contributed by atoms with Crippen LogP contribution in [0.3, 0.4) is 0 Å². The van der Waals surface area contributed by atoms with Gasteiger partial charge in [-0.2, -0.15) is 0 Å². The fraction of sp³-hybridized carbons (Fsp3) is 0.353. The minimum Gasteiger partial charge on any atom is -0.374 e. The summed E-state index contributed by atoms with van der Waals surface area (Å²) in [6.07, 6.45) is 1.92. The lowest BCUT2D eigenvalue weighted by molar-refractivity contribution is -0.128. The maximum absolute atomic E-state index is 12.3. The predicted octanol–water partition coefficient (Wildman–Crippen LogP) is 3.77. The third-order valence-corrected chi connectivity index (χ3v) is 3.44. The maximum Gasteiger partial charge on any atom is 0.165 e. The molecule has 0 amide bonds. The van der Waals surface area contributed by atoms with Crippen LogP contribution in [0.15, 0.2) is 42.5 Å². The Balaban J connectivity index is 2.23. The molecule has 0 bridgehead atoms. The van der Waals surface area contributed by atoms with Crippen molar-refractivity contribution in [3.05, 3.63) is 48.0 Å². The van der Waals surface area contributed by atoms with Crippen molar-refractivity contribution >= 4 is 16.6 Å². The SMILES string of the molecule is CCCC(OC)C(=O)Cc1cccc2ccccc12. The molecule has 2 rings (SSSR count). The Labute approximate surface area is 114 Å². The molecule has 1 atom stereocenters. The molecule has 100 valence electrons. The number of hydrogen-bond acceptors (Lipinski definition) is 2. The number of rotatable bonds is 6. The summed E-state index contributed by atoms with van der Waals surface area (Å²) in [6, 6.07) is 14.3. The summed E-state index contributed by atoms with van der Waals surface area (Å²) in [7, 11) is 1.61. The van der Waals surface area contributed by atoms with Crippen LogP contribution in [0.1, 0.15) is 25.3 Å². The first-order valence-electron chi connectivity index (χ1n) is 6.78. The van der Waals surface area contributed by atoms with Gasteiger partial charge in [0, 0.05) is 13.5 Å². The summed E-state index contributed by atoms with van der Waals surface area (Å²) in [4.78, 5) is 12.3. The zero-order chi connectivity index (χ0) is 13.7. The lowest BCUT2D eigenvalue weighted by Crippen LogP contribution is -2.24. The number of benzene rings is 2. The fourth-order valence-corrected chi connectivity index (χ4v) is 2.42. The summed E-state index contributed by atoms with van der Waals surface area (Å²) < 4.78 is 5.29. The average Bonchev–Trinajstić information content (AvgIpc) is 2.45. The van der Waals surface area contributed by atoms with Crippen molar-refractivity contribution in [3.8, 4) is 0 Å². The van der Waals surface area contributed by atoms with E-state index in [-0.39, 0.29) is 11.9 Å². The Bertz CT molecular complexity index is 555. The van der Waals surface area contributed by atoms with Gasteiger partial charge in [-0.1, -0.05) is 55.8 Å². The molecular weight excluding hydrogens is 236 g/mol. The Morgan fingerprint density at radius 2 is 1.89 bits per heavy atom. The van der Waals surface area contributed by atoms with E-state index < -0.39 is 0 Å². The molecular formula is C17H20O2. The average molecular weight is 256 g/mol. The van der Waals surface area contributed by atoms with Gasteiger partial charge in [-0.25, -0.2) is 0 Å². The number of carbonyl (C=O) groups is 1. The van der Waals surface area contributed by atoms with Crippen LogP contribution in [0, 0.1) is 0 Å². The van der Waals surface area contributed by atoms with Gasteiger partial charge >= 0.3 is 0 Å². The molecule has 0 aromatic heterocycles. The molecule has 2 heteroatoms. The van der Waals surface area contributed by atoms with Gasteiger partial charge < -0.3 is 4.74 Å². The molecule has 0 spiro atoms. The summed E-state index contributed by atoms with van der Waals surface area (Å²) >= 11 is 0. The Kier molecular flexibility index (Phi) is 4.69. The van der Waals surface area contributed by atoms with E-state index in [9.17, 15) is 4.79 Å². The van der Waals surface area contributed by atoms with Crippen molar-refractivity contribution in [2.75, 3.05) is 7.11 Å². The maximum atomic E-state index is 12.3. The monoisotopic (exact) mass is 256 g/mol. The van der Waals surface area contributed by atoms with E-state index in [0.29, 0.717) is 6.42 Å². The molecule has 0 N–H and O–H groups in total. The van der Waals surface area contributed by atoms with Crippen molar-refractivity contribution in [2.24, 2.45) is 0 Å². The van der Waals surface area contributed by atoms with Crippen LogP contribution >= 0.6 is 0 Å². The topological polar surface area (TPSA) is 26.3 Å². The van der Waals surface area contributed by atoms with Crippen molar-refractivity contribution in [1.29, 1.82) is 0 Å². The van der Waals surface area contributed by atoms with E-state index in [1.54, 1.807) is 7.11 Å². The third kappa shape index (κ3) is 3.21. The molecule has 19 heavy (non-hydrogen) atoms. The van der Waals surface area contributed by atoms with Gasteiger partial charge in [-0.15, -0.1) is 0 Å². The second-order valence-corrected chi connectivity index (χ2v) is 4.79. The predicted molar refractivity (Wildman–Crippen MR) is 78.4 cm³/mol. The molecule has 0 aliphatic heterocycles. The van der Waals surface area contributed by atoms with E-state index in [4.69, 9.17) is 4.74 Å². The van der Waals surface area contributed by atoms with Gasteiger partial charge in [-0.3, -0.25) is 4.79 Å². The smallest absolute Gasteiger partial charge is 0.165 e. The molecule has 0 saturated carbocycles. The van der Waals surface area contributed by atoms with Gasteiger partial charge in [0.15, 0.2) is 5.78 Å². The summed E-state index contributed by atoms with van der Waals surface area (Å²) in [6.45, 7) is 2.07. The highest BCUT2D eigenvalue weighted by Gasteiger charge is 2.17. The largest absolute Gasteiger partial charge is 0.374 e. The summed E-state index contributed by atoms with van der Waals surface area (Å²) in [5.41, 5.74) is 1.08. The molecule has 0 radical (unpaired) electrons. The van der Waals surface area contributed by atoms with E-state index in [1.807, 2.05) is 24.3 Å². The van der Waals surface area contributed by atoms with Crippen LogP contribution in [0.25, 0.3) is 10.8 Å². The quantitative estimate of drug-likeness (QED) is 0.786. The van der Waals surface area contributed by atoms with Gasteiger partial charge in [-0.05, 0) is 22.8 Å². The van der Waals surface area contributed by atoms with Crippen molar-refractivity contribution in [2.45, 2.75) is 32.3 Å². The first-order valence-corrected chi connectivity index (χ1v) is 6.78. The Hall–Kier alpha value is -1.67. The lowest BCUT2D eigenvalue weighted by atomic mass is 9.97. The highest BCUT2D eigenvalue weighted by molar-refractivity contribution is 5.92. The molecule has 0 fully saturated rings. The third-order valence-electron chi connectivity index (χ3n) is 3.44. The molecule has 0 heterocycles. The standard InChI is InChI=1S/C17H20O2/c1-3-7-17(19-2)16(18)12-14-10-6-9-13-8-4-5-11-15(13)14/h4-6,8-11,17H,3,7,12H2,1-2H3. The van der Waals surface area contributed by atoms with Crippen LogP contribution in [-0.4, -0.2) is 19.0 Å². The van der Waals surface area contributed by atoms with Gasteiger partial charge in [0.2, 0.25) is 0 Å². The van der Waals surface area contributed by atoms with Crippen molar-refractivity contribution < 1.29 is 9.53 Å². The summed E-state index contributed by atoms with van der Waals surface area (Å²) in [5.74, 6) is 0.167. The molecule has 1 unspecified atom stereocenters. The van der Waals surface area contributed by atoms with E-state index in [1.165, 1.54) is 5.39 Å². The first-order chi connectivity index (χ1) is 9.26. The fourth-order valence-electron chi connectivity index (χ4n) is 2.42. The zero-order valence-electron chi connectivity index (χ0n) is 11.6. The number of fused-ring (bicyclic) bond motifs is 1. The van der Waals surface area contributed by atoms with Gasteiger partial charge in [0.25, 0.3) is 0 Å². The van der Waals surface area contributed by atoms with E-state index in [2.05, 4.69) is 25.1 Å². The van der Waals surface area contributed by atoms with Crippen molar-refractivity contribution in [3.63, 3.8) is 0 Å². The van der Waals surface area contributed by atoms with Crippen molar-refractivity contribution in [1.82, 2.24) is 0 Å². The first kappa shape index (κ1) is 13.8. The molecule has 0 aliphatic rings.